The van der Waals surface area contributed by atoms with Crippen LogP contribution in [0.4, 0.5) is 10.5 Å². The Morgan fingerprint density at radius 1 is 1.24 bits per heavy atom. The molecule has 2 N–H and O–H groups in total. The topological polar surface area (TPSA) is 105 Å². The van der Waals surface area contributed by atoms with Crippen molar-refractivity contribution >= 4 is 40.8 Å². The fourth-order valence-electron chi connectivity index (χ4n) is 3.84. The van der Waals surface area contributed by atoms with Gasteiger partial charge in [0.05, 0.1) is 12.7 Å². The fourth-order valence-corrected chi connectivity index (χ4v) is 4.84. The van der Waals surface area contributed by atoms with Crippen molar-refractivity contribution in [2.75, 3.05) is 19.0 Å². The number of thiophene rings is 1. The number of carbonyl (C=O) groups is 4. The number of carbonyl (C=O) groups excluding carboxylic acids is 4. The third-order valence-corrected chi connectivity index (χ3v) is 6.21. The van der Waals surface area contributed by atoms with E-state index in [-0.39, 0.29) is 6.54 Å². The van der Waals surface area contributed by atoms with E-state index in [1.807, 2.05) is 11.4 Å². The summed E-state index contributed by atoms with van der Waals surface area (Å²) in [6.45, 7) is -0.384. The summed E-state index contributed by atoms with van der Waals surface area (Å²) < 4.78 is 4.63. The van der Waals surface area contributed by atoms with Gasteiger partial charge in [0.2, 0.25) is 5.91 Å². The lowest BCUT2D eigenvalue weighted by Crippen LogP contribution is -2.46. The first-order valence-electron chi connectivity index (χ1n) is 9.14. The van der Waals surface area contributed by atoms with Crippen LogP contribution in [-0.2, 0) is 26.3 Å². The summed E-state index contributed by atoms with van der Waals surface area (Å²) in [6.07, 6.45) is 2.21. The van der Waals surface area contributed by atoms with Crippen molar-refractivity contribution in [3.05, 3.63) is 51.7 Å². The summed E-state index contributed by atoms with van der Waals surface area (Å²) in [5.41, 5.74) is 0.577. The summed E-state index contributed by atoms with van der Waals surface area (Å²) in [5, 5.41) is 7.38. The summed E-state index contributed by atoms with van der Waals surface area (Å²) in [5.74, 6) is -1.37. The van der Waals surface area contributed by atoms with Crippen molar-refractivity contribution in [1.29, 1.82) is 0 Å². The summed E-state index contributed by atoms with van der Waals surface area (Å²) in [4.78, 5) is 51.6. The van der Waals surface area contributed by atoms with Crippen LogP contribution in [0.3, 0.4) is 0 Å². The van der Waals surface area contributed by atoms with Gasteiger partial charge in [-0.2, -0.15) is 0 Å². The van der Waals surface area contributed by atoms with Crippen LogP contribution in [0.1, 0.15) is 33.6 Å². The normalized spacial score (nSPS) is 20.4. The van der Waals surface area contributed by atoms with E-state index in [9.17, 15) is 19.2 Å². The molecule has 1 fully saturated rings. The van der Waals surface area contributed by atoms with Crippen LogP contribution in [0, 0.1) is 0 Å². The minimum atomic E-state index is -1.06. The molecule has 0 radical (unpaired) electrons. The van der Waals surface area contributed by atoms with E-state index in [0.717, 1.165) is 28.2 Å². The average molecular weight is 413 g/mol. The summed E-state index contributed by atoms with van der Waals surface area (Å²) in [7, 11) is 1.29. The van der Waals surface area contributed by atoms with Gasteiger partial charge in [0.25, 0.3) is 5.91 Å². The molecule has 1 spiro atoms. The number of ether oxygens (including phenoxy) is 1. The minimum absolute atomic E-state index is 0.352. The van der Waals surface area contributed by atoms with Crippen LogP contribution in [-0.4, -0.2) is 42.4 Å². The van der Waals surface area contributed by atoms with Crippen LogP contribution < -0.4 is 10.6 Å². The van der Waals surface area contributed by atoms with Gasteiger partial charge in [-0.1, -0.05) is 0 Å². The molecule has 150 valence electrons. The molecule has 9 heteroatoms. The lowest BCUT2D eigenvalue weighted by Gasteiger charge is -2.31. The fraction of sp³-hybridized carbons (Fsp3) is 0.300. The van der Waals surface area contributed by atoms with Crippen LogP contribution in [0.15, 0.2) is 35.7 Å². The van der Waals surface area contributed by atoms with Gasteiger partial charge in [0, 0.05) is 16.1 Å². The molecule has 0 unspecified atom stereocenters. The number of amides is 4. The number of nitrogens with zero attached hydrogens (tertiary/aromatic N) is 1. The van der Waals surface area contributed by atoms with Crippen molar-refractivity contribution in [1.82, 2.24) is 10.2 Å². The Labute approximate surface area is 170 Å². The molecule has 1 aliphatic heterocycles. The standard InChI is InChI=1S/C20H19N3O5S/c1-28-17(25)12-4-6-13(7-5-12)21-16(24)11-23-18(26)20(22-19(23)27)9-2-3-15-14(20)8-10-29-15/h4-8,10H,2-3,9,11H2,1H3,(H,21,24)(H,22,27)/t20-/m0/s1. The number of anilines is 1. The van der Waals surface area contributed by atoms with Gasteiger partial charge in [-0.05, 0) is 55.0 Å². The molecule has 0 bridgehead atoms. The van der Waals surface area contributed by atoms with E-state index in [0.29, 0.717) is 17.7 Å². The maximum Gasteiger partial charge on any atom is 0.337 e. The molecule has 4 amide bonds. The number of aryl methyl sites for hydroxylation is 1. The number of methoxy groups -OCH3 is 1. The number of fused-ring (bicyclic) bond motifs is 2. The molecule has 2 aliphatic rings. The Hall–Kier alpha value is -3.20. The highest BCUT2D eigenvalue weighted by atomic mass is 32.1. The van der Waals surface area contributed by atoms with Crippen LogP contribution in [0.2, 0.25) is 0 Å². The number of urea groups is 1. The summed E-state index contributed by atoms with van der Waals surface area (Å²) in [6, 6.07) is 7.45. The van der Waals surface area contributed by atoms with Gasteiger partial charge in [-0.3, -0.25) is 14.5 Å². The molecule has 2 aromatic rings. The Morgan fingerprint density at radius 3 is 2.72 bits per heavy atom. The molecule has 2 heterocycles. The highest BCUT2D eigenvalue weighted by Crippen LogP contribution is 2.42. The number of esters is 1. The van der Waals surface area contributed by atoms with Gasteiger partial charge >= 0.3 is 12.0 Å². The number of imide groups is 1. The van der Waals surface area contributed by atoms with Gasteiger partial charge in [0.1, 0.15) is 12.1 Å². The number of rotatable bonds is 4. The Morgan fingerprint density at radius 2 is 2.00 bits per heavy atom. The van der Waals surface area contributed by atoms with E-state index in [2.05, 4.69) is 15.4 Å². The predicted molar refractivity (Wildman–Crippen MR) is 106 cm³/mol. The maximum absolute atomic E-state index is 13.1. The van der Waals surface area contributed by atoms with Gasteiger partial charge in [-0.15, -0.1) is 11.3 Å². The third-order valence-electron chi connectivity index (χ3n) is 5.23. The molecular weight excluding hydrogens is 394 g/mol. The second kappa shape index (κ2) is 7.32. The Kier molecular flexibility index (Phi) is 4.83. The lowest BCUT2D eigenvalue weighted by atomic mass is 9.80. The van der Waals surface area contributed by atoms with Crippen LogP contribution in [0.5, 0.6) is 0 Å². The molecule has 1 aromatic carbocycles. The Bertz CT molecular complexity index is 1000. The second-order valence-electron chi connectivity index (χ2n) is 6.95. The van der Waals surface area contributed by atoms with E-state index in [4.69, 9.17) is 0 Å². The molecule has 0 saturated carbocycles. The van der Waals surface area contributed by atoms with E-state index >= 15 is 0 Å². The minimum Gasteiger partial charge on any atom is -0.465 e. The quantitative estimate of drug-likeness (QED) is 0.591. The highest BCUT2D eigenvalue weighted by Gasteiger charge is 2.54. The maximum atomic E-state index is 13.1. The van der Waals surface area contributed by atoms with E-state index < -0.39 is 29.4 Å². The van der Waals surface area contributed by atoms with Gasteiger partial charge in [0.15, 0.2) is 0 Å². The smallest absolute Gasteiger partial charge is 0.337 e. The van der Waals surface area contributed by atoms with Crippen molar-refractivity contribution in [3.63, 3.8) is 0 Å². The third kappa shape index (κ3) is 3.27. The molecule has 1 atom stereocenters. The molecular formula is C20H19N3O5S. The number of hydrogen-bond acceptors (Lipinski definition) is 6. The van der Waals surface area contributed by atoms with E-state index in [1.165, 1.54) is 19.2 Å². The van der Waals surface area contributed by atoms with Crippen molar-refractivity contribution < 1.29 is 23.9 Å². The second-order valence-corrected chi connectivity index (χ2v) is 7.96. The van der Waals surface area contributed by atoms with Crippen LogP contribution >= 0.6 is 11.3 Å². The monoisotopic (exact) mass is 413 g/mol. The highest BCUT2D eigenvalue weighted by molar-refractivity contribution is 7.10. The SMILES string of the molecule is COC(=O)c1ccc(NC(=O)CN2C(=O)N[C@]3(CCCc4sccc43)C2=O)cc1. The molecule has 8 nitrogen and oxygen atoms in total. The van der Waals surface area contributed by atoms with Gasteiger partial charge < -0.3 is 15.4 Å². The van der Waals surface area contributed by atoms with Gasteiger partial charge in [-0.25, -0.2) is 9.59 Å². The molecule has 1 saturated heterocycles. The summed E-state index contributed by atoms with van der Waals surface area (Å²) >= 11 is 1.58. The molecule has 1 aromatic heterocycles. The van der Waals surface area contributed by atoms with Crippen LogP contribution in [0.25, 0.3) is 0 Å². The average Bonchev–Trinajstić information content (AvgIpc) is 3.29. The van der Waals surface area contributed by atoms with Crippen molar-refractivity contribution in [3.8, 4) is 0 Å². The molecule has 1 aliphatic carbocycles. The lowest BCUT2D eigenvalue weighted by molar-refractivity contribution is -0.134. The van der Waals surface area contributed by atoms with E-state index in [1.54, 1.807) is 23.5 Å². The first kappa shape index (κ1) is 19.1. The Balaban J connectivity index is 1.46. The number of hydrogen-bond donors (Lipinski definition) is 2. The molecule has 29 heavy (non-hydrogen) atoms. The predicted octanol–water partition coefficient (Wildman–Crippen LogP) is 2.26. The van der Waals surface area contributed by atoms with Crippen molar-refractivity contribution in [2.24, 2.45) is 0 Å². The largest absolute Gasteiger partial charge is 0.465 e. The first-order valence-corrected chi connectivity index (χ1v) is 10.0. The zero-order valence-corrected chi connectivity index (χ0v) is 16.5. The number of benzene rings is 1. The zero-order valence-electron chi connectivity index (χ0n) is 15.7. The number of nitrogens with one attached hydrogen (secondary N) is 2. The molecule has 4 rings (SSSR count). The van der Waals surface area contributed by atoms with Crippen molar-refractivity contribution in [2.45, 2.75) is 24.8 Å². The first-order chi connectivity index (χ1) is 13.9. The zero-order chi connectivity index (χ0) is 20.6.